The number of aromatic amines is 2. The number of benzene rings is 3. The number of aromatic nitrogens is 2. The molecule has 5 nitrogen and oxygen atoms in total. The third-order valence-corrected chi connectivity index (χ3v) is 4.92. The van der Waals surface area contributed by atoms with Crippen LogP contribution in [-0.2, 0) is 6.54 Å². The number of rotatable bonds is 1. The fourth-order valence-electron chi connectivity index (χ4n) is 3.57. The minimum atomic E-state index is -0.0695. The molecule has 0 aliphatic heterocycles. The molecule has 2 aromatic heterocycles. The van der Waals surface area contributed by atoms with Gasteiger partial charge in [0.25, 0.3) is 0 Å². The van der Waals surface area contributed by atoms with Gasteiger partial charge in [0, 0.05) is 39.1 Å². The quantitative estimate of drug-likeness (QED) is 0.409. The molecule has 0 radical (unpaired) electrons. The first-order valence-corrected chi connectivity index (χ1v) is 8.39. The summed E-state index contributed by atoms with van der Waals surface area (Å²) in [4.78, 5) is 32.4. The number of nitrogens with one attached hydrogen (secondary N) is 2. The number of nitrogens with two attached hydrogens (primary N) is 1. The molecule has 0 spiro atoms. The van der Waals surface area contributed by atoms with Gasteiger partial charge in [0.15, 0.2) is 10.9 Å². The monoisotopic (exact) mass is 341 g/mol. The van der Waals surface area contributed by atoms with Crippen LogP contribution in [0.3, 0.4) is 0 Å². The third kappa shape index (κ3) is 2.01. The van der Waals surface area contributed by atoms with E-state index in [1.807, 2.05) is 36.4 Å². The van der Waals surface area contributed by atoms with Gasteiger partial charge in [-0.1, -0.05) is 18.2 Å². The van der Waals surface area contributed by atoms with E-state index < -0.39 is 0 Å². The zero-order valence-electron chi connectivity index (χ0n) is 13.8. The van der Waals surface area contributed by atoms with Crippen molar-refractivity contribution < 1.29 is 0 Å². The molecular formula is C21H15N3O2. The van der Waals surface area contributed by atoms with Crippen LogP contribution < -0.4 is 16.6 Å². The summed E-state index contributed by atoms with van der Waals surface area (Å²) in [6, 6.07) is 16.5. The predicted octanol–water partition coefficient (Wildman–Crippen LogP) is 3.13. The fraction of sp³-hybridized carbons (Fsp3) is 0.0476. The zero-order valence-corrected chi connectivity index (χ0v) is 13.8. The molecule has 5 heteroatoms. The van der Waals surface area contributed by atoms with Crippen molar-refractivity contribution in [3.8, 4) is 0 Å². The second-order valence-electron chi connectivity index (χ2n) is 6.48. The Morgan fingerprint density at radius 2 is 1.23 bits per heavy atom. The lowest BCUT2D eigenvalue weighted by Gasteiger charge is -2.07. The van der Waals surface area contributed by atoms with E-state index in [2.05, 4.69) is 9.97 Å². The average molecular weight is 341 g/mol. The molecule has 5 aromatic rings. The number of fused-ring (bicyclic) bond motifs is 4. The molecule has 0 aliphatic rings. The first kappa shape index (κ1) is 14.9. The van der Waals surface area contributed by atoms with Crippen LogP contribution in [0.15, 0.2) is 64.2 Å². The van der Waals surface area contributed by atoms with Crippen molar-refractivity contribution >= 4 is 43.6 Å². The zero-order chi connectivity index (χ0) is 17.8. The van der Waals surface area contributed by atoms with E-state index in [1.54, 1.807) is 18.2 Å². The summed E-state index contributed by atoms with van der Waals surface area (Å²) in [6.07, 6.45) is 0. The van der Waals surface area contributed by atoms with Gasteiger partial charge in [-0.2, -0.15) is 0 Å². The summed E-state index contributed by atoms with van der Waals surface area (Å²) >= 11 is 0. The molecule has 5 rings (SSSR count). The van der Waals surface area contributed by atoms with Gasteiger partial charge in [0.05, 0.1) is 11.0 Å². The SMILES string of the molecule is NCc1ccc2[nH]c3cc4c(=O)c5ccccc5[nH]c4cc3c(=O)c2c1. The van der Waals surface area contributed by atoms with Crippen LogP contribution in [0.2, 0.25) is 0 Å². The largest absolute Gasteiger partial charge is 0.354 e. The summed E-state index contributed by atoms with van der Waals surface area (Å²) < 4.78 is 0. The molecule has 0 unspecified atom stereocenters. The molecule has 0 aliphatic carbocycles. The molecule has 0 fully saturated rings. The Kier molecular flexibility index (Phi) is 3.02. The van der Waals surface area contributed by atoms with E-state index in [9.17, 15) is 9.59 Å². The Morgan fingerprint density at radius 1 is 0.654 bits per heavy atom. The van der Waals surface area contributed by atoms with Gasteiger partial charge in [0.1, 0.15) is 0 Å². The maximum atomic E-state index is 13.0. The van der Waals surface area contributed by atoms with Crippen LogP contribution in [0.5, 0.6) is 0 Å². The third-order valence-electron chi connectivity index (χ3n) is 4.92. The van der Waals surface area contributed by atoms with Crippen molar-refractivity contribution in [1.29, 1.82) is 0 Å². The highest BCUT2D eigenvalue weighted by Gasteiger charge is 2.11. The standard InChI is InChI=1S/C21H15N3O2/c22-10-11-5-6-17-13(7-11)21(26)15-9-18-14(8-19(15)24-17)20(25)12-3-1-2-4-16(12)23-18/h1-9H,10,22H2,(H,23,25)(H,24,26). The molecule has 0 saturated heterocycles. The Balaban J connectivity index is 1.97. The Bertz CT molecular complexity index is 1460. The maximum absolute atomic E-state index is 13.0. The van der Waals surface area contributed by atoms with Gasteiger partial charge in [-0.3, -0.25) is 9.59 Å². The van der Waals surface area contributed by atoms with Gasteiger partial charge >= 0.3 is 0 Å². The molecule has 4 N–H and O–H groups in total. The van der Waals surface area contributed by atoms with Gasteiger partial charge in [-0.15, -0.1) is 0 Å². The summed E-state index contributed by atoms with van der Waals surface area (Å²) in [5.41, 5.74) is 9.28. The summed E-state index contributed by atoms with van der Waals surface area (Å²) in [5, 5.41) is 2.34. The molecule has 0 atom stereocenters. The Labute approximate surface area is 147 Å². The van der Waals surface area contributed by atoms with Crippen molar-refractivity contribution in [2.24, 2.45) is 5.73 Å². The summed E-state index contributed by atoms with van der Waals surface area (Å²) in [7, 11) is 0. The molecule has 3 aromatic carbocycles. The van der Waals surface area contributed by atoms with Crippen molar-refractivity contribution in [3.05, 3.63) is 80.6 Å². The summed E-state index contributed by atoms with van der Waals surface area (Å²) in [6.45, 7) is 0.379. The van der Waals surface area contributed by atoms with E-state index in [4.69, 9.17) is 5.73 Å². The first-order chi connectivity index (χ1) is 12.7. The normalized spacial score (nSPS) is 11.7. The smallest absolute Gasteiger partial charge is 0.197 e. The summed E-state index contributed by atoms with van der Waals surface area (Å²) in [5.74, 6) is 0. The lowest BCUT2D eigenvalue weighted by atomic mass is 10.0. The second kappa shape index (κ2) is 5.28. The van der Waals surface area contributed by atoms with E-state index in [0.29, 0.717) is 39.1 Å². The maximum Gasteiger partial charge on any atom is 0.197 e. The lowest BCUT2D eigenvalue weighted by Crippen LogP contribution is -2.08. The van der Waals surface area contributed by atoms with Crippen molar-refractivity contribution in [2.45, 2.75) is 6.54 Å². The van der Waals surface area contributed by atoms with Crippen molar-refractivity contribution in [3.63, 3.8) is 0 Å². The molecule has 0 bridgehead atoms. The van der Waals surface area contributed by atoms with Crippen LogP contribution in [0.4, 0.5) is 0 Å². The topological polar surface area (TPSA) is 91.7 Å². The molecule has 2 heterocycles. The van der Waals surface area contributed by atoms with E-state index in [-0.39, 0.29) is 10.9 Å². The van der Waals surface area contributed by atoms with Crippen LogP contribution in [0, 0.1) is 0 Å². The number of H-pyrrole nitrogens is 2. The Morgan fingerprint density at radius 3 is 1.92 bits per heavy atom. The number of hydrogen-bond donors (Lipinski definition) is 3. The highest BCUT2D eigenvalue weighted by Crippen LogP contribution is 2.21. The number of pyridine rings is 2. The van der Waals surface area contributed by atoms with Crippen LogP contribution in [0.1, 0.15) is 5.56 Å². The first-order valence-electron chi connectivity index (χ1n) is 8.39. The number of hydrogen-bond acceptors (Lipinski definition) is 3. The van der Waals surface area contributed by atoms with Gasteiger partial charge in [-0.25, -0.2) is 0 Å². The minimum absolute atomic E-state index is 0.0457. The van der Waals surface area contributed by atoms with Crippen molar-refractivity contribution in [1.82, 2.24) is 9.97 Å². The Hall–Kier alpha value is -3.44. The predicted molar refractivity (Wildman–Crippen MR) is 106 cm³/mol. The van der Waals surface area contributed by atoms with E-state index in [1.165, 1.54) is 0 Å². The highest BCUT2D eigenvalue weighted by atomic mass is 16.1. The van der Waals surface area contributed by atoms with E-state index >= 15 is 0 Å². The van der Waals surface area contributed by atoms with Crippen molar-refractivity contribution in [2.75, 3.05) is 0 Å². The van der Waals surface area contributed by atoms with E-state index in [0.717, 1.165) is 16.6 Å². The highest BCUT2D eigenvalue weighted by molar-refractivity contribution is 6.02. The molecule has 126 valence electrons. The fourth-order valence-corrected chi connectivity index (χ4v) is 3.57. The van der Waals surface area contributed by atoms with Gasteiger partial charge < -0.3 is 15.7 Å². The molecule has 26 heavy (non-hydrogen) atoms. The molecule has 0 saturated carbocycles. The molecule has 0 amide bonds. The molecular weight excluding hydrogens is 326 g/mol. The van der Waals surface area contributed by atoms with Crippen LogP contribution in [0.25, 0.3) is 43.6 Å². The van der Waals surface area contributed by atoms with Gasteiger partial charge in [0.2, 0.25) is 0 Å². The lowest BCUT2D eigenvalue weighted by molar-refractivity contribution is 1.07. The minimum Gasteiger partial charge on any atom is -0.354 e. The average Bonchev–Trinajstić information content (AvgIpc) is 2.67. The van der Waals surface area contributed by atoms with Gasteiger partial charge in [-0.05, 0) is 42.0 Å². The van der Waals surface area contributed by atoms with Crippen LogP contribution >= 0.6 is 0 Å². The number of para-hydroxylation sites is 1. The van der Waals surface area contributed by atoms with Crippen LogP contribution in [-0.4, -0.2) is 9.97 Å². The second-order valence-corrected chi connectivity index (χ2v) is 6.48.